The molecule has 1 aliphatic rings. The highest BCUT2D eigenvalue weighted by molar-refractivity contribution is 6.04. The van der Waals surface area contributed by atoms with Crippen molar-refractivity contribution < 1.29 is 14.1 Å². The first-order valence-electron chi connectivity index (χ1n) is 10.7. The Hall–Kier alpha value is -4.26. The van der Waals surface area contributed by atoms with E-state index < -0.39 is 5.92 Å². The molecule has 3 aromatic carbocycles. The van der Waals surface area contributed by atoms with Crippen LogP contribution in [-0.2, 0) is 9.59 Å². The number of amides is 2. The third-order valence-electron chi connectivity index (χ3n) is 5.74. The van der Waals surface area contributed by atoms with E-state index in [9.17, 15) is 9.59 Å². The zero-order valence-electron chi connectivity index (χ0n) is 18.1. The fourth-order valence-corrected chi connectivity index (χ4v) is 4.00. The van der Waals surface area contributed by atoms with Crippen molar-refractivity contribution in [3.05, 3.63) is 84.4 Å². The molecule has 1 aromatic heterocycles. The lowest BCUT2D eigenvalue weighted by atomic mass is 10.1. The summed E-state index contributed by atoms with van der Waals surface area (Å²) in [5, 5.41) is 6.98. The van der Waals surface area contributed by atoms with Gasteiger partial charge in [-0.1, -0.05) is 59.8 Å². The van der Waals surface area contributed by atoms with Gasteiger partial charge in [-0.15, -0.1) is 0 Å². The van der Waals surface area contributed by atoms with Crippen LogP contribution in [0.4, 0.5) is 11.4 Å². The molecule has 0 spiro atoms. The number of nitrogens with one attached hydrogen (secondary N) is 1. The fourth-order valence-electron chi connectivity index (χ4n) is 4.00. The average Bonchev–Trinajstić information content (AvgIpc) is 3.48. The van der Waals surface area contributed by atoms with Gasteiger partial charge in [0.25, 0.3) is 5.89 Å². The first-order chi connectivity index (χ1) is 16.1. The lowest BCUT2D eigenvalue weighted by molar-refractivity contribution is -0.122. The standard InChI is InChI=1S/C26H22N4O3/c1-17-8-5-6-13-22(17)30-16-20(15-23(30)31)25(32)27-21-12-7-11-19(14-21)26-28-24(29-33-26)18-9-3-2-4-10-18/h2-14,20H,15-16H2,1H3,(H,27,32)/t20-/m0/s1. The van der Waals surface area contributed by atoms with E-state index >= 15 is 0 Å². The van der Waals surface area contributed by atoms with Crippen molar-refractivity contribution in [1.82, 2.24) is 10.1 Å². The van der Waals surface area contributed by atoms with Crippen LogP contribution >= 0.6 is 0 Å². The average molecular weight is 438 g/mol. The van der Waals surface area contributed by atoms with Gasteiger partial charge >= 0.3 is 0 Å². The van der Waals surface area contributed by atoms with Crippen LogP contribution in [0.2, 0.25) is 0 Å². The molecule has 5 rings (SSSR count). The number of carbonyl (C=O) groups is 2. The Balaban J connectivity index is 1.29. The summed E-state index contributed by atoms with van der Waals surface area (Å²) < 4.78 is 5.43. The number of carbonyl (C=O) groups excluding carboxylic acids is 2. The maximum absolute atomic E-state index is 12.9. The number of hydrogen-bond acceptors (Lipinski definition) is 5. The van der Waals surface area contributed by atoms with E-state index in [1.165, 1.54) is 0 Å². The maximum atomic E-state index is 12.9. The summed E-state index contributed by atoms with van der Waals surface area (Å²) in [5.74, 6) is 0.214. The van der Waals surface area contributed by atoms with Crippen LogP contribution in [-0.4, -0.2) is 28.5 Å². The Bertz CT molecular complexity index is 1320. The molecule has 1 N–H and O–H groups in total. The van der Waals surface area contributed by atoms with Gasteiger partial charge in [0.05, 0.1) is 5.92 Å². The molecule has 4 aromatic rings. The number of aromatic nitrogens is 2. The quantitative estimate of drug-likeness (QED) is 0.488. The number of nitrogens with zero attached hydrogens (tertiary/aromatic N) is 3. The molecule has 7 heteroatoms. The number of para-hydroxylation sites is 1. The molecule has 2 heterocycles. The minimum atomic E-state index is -0.422. The summed E-state index contributed by atoms with van der Waals surface area (Å²) in [6.45, 7) is 2.32. The van der Waals surface area contributed by atoms with Crippen LogP contribution in [0, 0.1) is 12.8 Å². The first-order valence-corrected chi connectivity index (χ1v) is 10.7. The summed E-state index contributed by atoms with van der Waals surface area (Å²) in [7, 11) is 0. The highest BCUT2D eigenvalue weighted by atomic mass is 16.5. The van der Waals surface area contributed by atoms with Gasteiger partial charge in [0.15, 0.2) is 0 Å². The van der Waals surface area contributed by atoms with E-state index in [-0.39, 0.29) is 18.2 Å². The number of hydrogen-bond donors (Lipinski definition) is 1. The number of benzene rings is 3. The van der Waals surface area contributed by atoms with Gasteiger partial charge in [0, 0.05) is 35.5 Å². The molecule has 0 aliphatic carbocycles. The summed E-state index contributed by atoms with van der Waals surface area (Å²) in [6, 6.07) is 24.5. The number of anilines is 2. The van der Waals surface area contributed by atoms with E-state index in [0.29, 0.717) is 29.5 Å². The lowest BCUT2D eigenvalue weighted by Gasteiger charge is -2.19. The topological polar surface area (TPSA) is 88.3 Å². The van der Waals surface area contributed by atoms with Crippen LogP contribution in [0.15, 0.2) is 83.4 Å². The Labute approximate surface area is 191 Å². The Morgan fingerprint density at radius 1 is 1.00 bits per heavy atom. The summed E-state index contributed by atoms with van der Waals surface area (Å²) >= 11 is 0. The van der Waals surface area contributed by atoms with Crippen molar-refractivity contribution in [1.29, 1.82) is 0 Å². The molecule has 0 radical (unpaired) electrons. The molecule has 33 heavy (non-hydrogen) atoms. The van der Waals surface area contributed by atoms with Crippen LogP contribution in [0.5, 0.6) is 0 Å². The van der Waals surface area contributed by atoms with Gasteiger partial charge in [-0.05, 0) is 36.8 Å². The molecule has 7 nitrogen and oxygen atoms in total. The Morgan fingerprint density at radius 3 is 2.58 bits per heavy atom. The number of rotatable bonds is 5. The molecule has 0 saturated carbocycles. The van der Waals surface area contributed by atoms with E-state index in [4.69, 9.17) is 4.52 Å². The third kappa shape index (κ3) is 4.25. The lowest BCUT2D eigenvalue weighted by Crippen LogP contribution is -2.28. The molecule has 2 amide bonds. The second-order valence-electron chi connectivity index (χ2n) is 8.05. The van der Waals surface area contributed by atoms with Crippen molar-refractivity contribution in [2.75, 3.05) is 16.8 Å². The molecule has 0 bridgehead atoms. The van der Waals surface area contributed by atoms with E-state index in [1.807, 2.05) is 73.7 Å². The van der Waals surface area contributed by atoms with Crippen LogP contribution in [0.3, 0.4) is 0 Å². The smallest absolute Gasteiger partial charge is 0.258 e. The highest BCUT2D eigenvalue weighted by Crippen LogP contribution is 2.29. The molecule has 1 fully saturated rings. The van der Waals surface area contributed by atoms with Gasteiger partial charge in [-0.2, -0.15) is 4.98 Å². The maximum Gasteiger partial charge on any atom is 0.258 e. The molecule has 1 atom stereocenters. The predicted molar refractivity (Wildman–Crippen MR) is 125 cm³/mol. The zero-order valence-corrected chi connectivity index (χ0v) is 18.1. The molecule has 1 aliphatic heterocycles. The van der Waals surface area contributed by atoms with Crippen LogP contribution < -0.4 is 10.2 Å². The minimum Gasteiger partial charge on any atom is -0.334 e. The molecular formula is C26H22N4O3. The Kier molecular flexibility index (Phi) is 5.44. The van der Waals surface area contributed by atoms with Crippen molar-refractivity contribution in [2.24, 2.45) is 5.92 Å². The largest absolute Gasteiger partial charge is 0.334 e. The van der Waals surface area contributed by atoms with Gasteiger partial charge in [0.1, 0.15) is 0 Å². The van der Waals surface area contributed by atoms with Crippen molar-refractivity contribution in [3.63, 3.8) is 0 Å². The van der Waals surface area contributed by atoms with Gasteiger partial charge < -0.3 is 14.7 Å². The van der Waals surface area contributed by atoms with Crippen molar-refractivity contribution in [3.8, 4) is 22.8 Å². The zero-order chi connectivity index (χ0) is 22.8. The summed E-state index contributed by atoms with van der Waals surface area (Å²) in [5.41, 5.74) is 4.03. The second-order valence-corrected chi connectivity index (χ2v) is 8.05. The van der Waals surface area contributed by atoms with Gasteiger partial charge in [0.2, 0.25) is 17.6 Å². The van der Waals surface area contributed by atoms with Crippen LogP contribution in [0.25, 0.3) is 22.8 Å². The molecule has 164 valence electrons. The summed E-state index contributed by atoms with van der Waals surface area (Å²) in [6.07, 6.45) is 0.184. The Morgan fingerprint density at radius 2 is 1.76 bits per heavy atom. The minimum absolute atomic E-state index is 0.0440. The molecule has 0 unspecified atom stereocenters. The molecular weight excluding hydrogens is 416 g/mol. The van der Waals surface area contributed by atoms with Crippen molar-refractivity contribution in [2.45, 2.75) is 13.3 Å². The SMILES string of the molecule is Cc1ccccc1N1C[C@@H](C(=O)Nc2cccc(-c3nc(-c4ccccc4)no3)c2)CC1=O. The highest BCUT2D eigenvalue weighted by Gasteiger charge is 2.35. The predicted octanol–water partition coefficient (Wildman–Crippen LogP) is 4.70. The van der Waals surface area contributed by atoms with E-state index in [0.717, 1.165) is 16.8 Å². The first kappa shape index (κ1) is 20.6. The molecule has 1 saturated heterocycles. The van der Waals surface area contributed by atoms with Gasteiger partial charge in [-0.3, -0.25) is 9.59 Å². The third-order valence-corrected chi connectivity index (χ3v) is 5.74. The number of aryl methyl sites for hydroxylation is 1. The fraction of sp³-hybridized carbons (Fsp3) is 0.154. The monoisotopic (exact) mass is 438 g/mol. The normalized spacial score (nSPS) is 15.6. The van der Waals surface area contributed by atoms with Gasteiger partial charge in [-0.25, -0.2) is 0 Å². The second kappa shape index (κ2) is 8.70. The van der Waals surface area contributed by atoms with E-state index in [1.54, 1.807) is 17.0 Å². The summed E-state index contributed by atoms with van der Waals surface area (Å²) in [4.78, 5) is 31.7. The van der Waals surface area contributed by atoms with Crippen LogP contribution in [0.1, 0.15) is 12.0 Å². The van der Waals surface area contributed by atoms with E-state index in [2.05, 4.69) is 15.5 Å². The van der Waals surface area contributed by atoms with Crippen molar-refractivity contribution >= 4 is 23.2 Å².